The van der Waals surface area contributed by atoms with Gasteiger partial charge in [-0.15, -0.1) is 0 Å². The van der Waals surface area contributed by atoms with Crippen LogP contribution in [0.5, 0.6) is 11.5 Å². The Morgan fingerprint density at radius 1 is 1.20 bits per heavy atom. The van der Waals surface area contributed by atoms with Gasteiger partial charge < -0.3 is 19.4 Å². The topological polar surface area (TPSA) is 48.3 Å². The number of benzene rings is 1. The highest BCUT2D eigenvalue weighted by Gasteiger charge is 2.15. The molecule has 0 amide bonds. The zero-order valence-corrected chi connectivity index (χ0v) is 12.4. The highest BCUT2D eigenvalue weighted by molar-refractivity contribution is 5.66. The Hall–Kier alpha value is -2.01. The van der Waals surface area contributed by atoms with Crippen molar-refractivity contribution in [3.05, 3.63) is 30.1 Å². The minimum Gasteiger partial charge on any atom is -0.493 e. The molecule has 2 aromatic rings. The third kappa shape index (κ3) is 2.63. The van der Waals surface area contributed by atoms with Crippen LogP contribution in [0.25, 0.3) is 11.4 Å². The first-order valence-corrected chi connectivity index (χ1v) is 6.66. The summed E-state index contributed by atoms with van der Waals surface area (Å²) in [6.45, 7) is 3.72. The van der Waals surface area contributed by atoms with E-state index in [1.807, 2.05) is 31.6 Å². The van der Waals surface area contributed by atoms with Crippen LogP contribution in [0.3, 0.4) is 0 Å². The summed E-state index contributed by atoms with van der Waals surface area (Å²) in [7, 11) is 5.21. The number of hydrogen-bond acceptors (Lipinski definition) is 4. The van der Waals surface area contributed by atoms with Crippen molar-refractivity contribution in [3.8, 4) is 22.9 Å². The second-order valence-electron chi connectivity index (χ2n) is 4.43. The molecule has 5 heteroatoms. The molecule has 0 atom stereocenters. The smallest absolute Gasteiger partial charge is 0.161 e. The van der Waals surface area contributed by atoms with Crippen LogP contribution in [0.15, 0.2) is 24.5 Å². The lowest BCUT2D eigenvalue weighted by atomic mass is 10.1. The predicted octanol–water partition coefficient (Wildman–Crippen LogP) is 2.31. The van der Waals surface area contributed by atoms with Crippen molar-refractivity contribution < 1.29 is 9.47 Å². The number of aromatic nitrogens is 2. The lowest BCUT2D eigenvalue weighted by molar-refractivity contribution is 0.354. The monoisotopic (exact) mass is 275 g/mol. The lowest BCUT2D eigenvalue weighted by Gasteiger charge is -2.15. The van der Waals surface area contributed by atoms with Crippen molar-refractivity contribution in [2.45, 2.75) is 20.0 Å². The largest absolute Gasteiger partial charge is 0.493 e. The van der Waals surface area contributed by atoms with Crippen molar-refractivity contribution in [1.29, 1.82) is 0 Å². The molecule has 5 nitrogen and oxygen atoms in total. The third-order valence-corrected chi connectivity index (χ3v) is 3.27. The van der Waals surface area contributed by atoms with Gasteiger partial charge in [-0.05, 0) is 31.7 Å². The standard InChI is InChI=1S/C15H21N3O2/c1-5-18-7-6-17-15(18)12-9-14(20-4)13(19-3)8-11(12)10-16-2/h6-9,16H,5,10H2,1-4H3. The Morgan fingerprint density at radius 3 is 2.50 bits per heavy atom. The van der Waals surface area contributed by atoms with E-state index in [1.165, 1.54) is 0 Å². The van der Waals surface area contributed by atoms with E-state index in [4.69, 9.17) is 9.47 Å². The lowest BCUT2D eigenvalue weighted by Crippen LogP contribution is -2.09. The van der Waals surface area contributed by atoms with Gasteiger partial charge in [0.2, 0.25) is 0 Å². The van der Waals surface area contributed by atoms with Crippen LogP contribution in [-0.2, 0) is 13.1 Å². The molecule has 0 fully saturated rings. The zero-order chi connectivity index (χ0) is 14.5. The molecule has 0 saturated heterocycles. The van der Waals surface area contributed by atoms with E-state index in [-0.39, 0.29) is 0 Å². The van der Waals surface area contributed by atoms with Gasteiger partial charge in [-0.25, -0.2) is 4.98 Å². The minimum absolute atomic E-state index is 0.716. The fraction of sp³-hybridized carbons (Fsp3) is 0.400. The number of nitrogens with one attached hydrogen (secondary N) is 1. The molecule has 0 aliphatic rings. The predicted molar refractivity (Wildman–Crippen MR) is 79.2 cm³/mol. The summed E-state index contributed by atoms with van der Waals surface area (Å²) in [5.74, 6) is 2.39. The fourth-order valence-corrected chi connectivity index (χ4v) is 2.27. The highest BCUT2D eigenvalue weighted by Crippen LogP contribution is 2.35. The molecule has 1 N–H and O–H groups in total. The Kier molecular flexibility index (Phi) is 4.63. The molecule has 0 aliphatic carbocycles. The molecule has 1 heterocycles. The van der Waals surface area contributed by atoms with E-state index in [0.717, 1.165) is 35.8 Å². The summed E-state index contributed by atoms with van der Waals surface area (Å²) in [5.41, 5.74) is 2.19. The maximum atomic E-state index is 5.40. The summed E-state index contributed by atoms with van der Waals surface area (Å²) in [6.07, 6.45) is 3.80. The van der Waals surface area contributed by atoms with Gasteiger partial charge in [-0.3, -0.25) is 0 Å². The average Bonchev–Trinajstić information content (AvgIpc) is 2.95. The minimum atomic E-state index is 0.716. The van der Waals surface area contributed by atoms with Crippen molar-refractivity contribution in [1.82, 2.24) is 14.9 Å². The number of methoxy groups -OCH3 is 2. The Balaban J connectivity index is 2.60. The highest BCUT2D eigenvalue weighted by atomic mass is 16.5. The first-order valence-electron chi connectivity index (χ1n) is 6.66. The summed E-state index contributed by atoms with van der Waals surface area (Å²) in [5, 5.41) is 3.18. The average molecular weight is 275 g/mol. The van der Waals surface area contributed by atoms with E-state index in [0.29, 0.717) is 5.75 Å². The maximum absolute atomic E-state index is 5.40. The quantitative estimate of drug-likeness (QED) is 0.879. The van der Waals surface area contributed by atoms with E-state index < -0.39 is 0 Å². The van der Waals surface area contributed by atoms with E-state index in [1.54, 1.807) is 14.2 Å². The number of imidazole rings is 1. The van der Waals surface area contributed by atoms with E-state index >= 15 is 0 Å². The molecular weight excluding hydrogens is 254 g/mol. The molecule has 0 radical (unpaired) electrons. The van der Waals surface area contributed by atoms with Crippen LogP contribution >= 0.6 is 0 Å². The number of aryl methyl sites for hydroxylation is 1. The van der Waals surface area contributed by atoms with Crippen LogP contribution in [0, 0.1) is 0 Å². The van der Waals surface area contributed by atoms with Gasteiger partial charge in [0.1, 0.15) is 5.82 Å². The number of nitrogens with zero attached hydrogens (tertiary/aromatic N) is 2. The van der Waals surface area contributed by atoms with Crippen molar-refractivity contribution >= 4 is 0 Å². The second-order valence-corrected chi connectivity index (χ2v) is 4.43. The number of ether oxygens (including phenoxy) is 2. The molecule has 0 aliphatic heterocycles. The zero-order valence-electron chi connectivity index (χ0n) is 12.4. The SMILES string of the molecule is CCn1ccnc1-c1cc(OC)c(OC)cc1CNC. The van der Waals surface area contributed by atoms with Gasteiger partial charge in [0.05, 0.1) is 14.2 Å². The molecule has 20 heavy (non-hydrogen) atoms. The molecule has 108 valence electrons. The van der Waals surface area contributed by atoms with Crippen LogP contribution in [0.2, 0.25) is 0 Å². The van der Waals surface area contributed by atoms with Crippen molar-refractivity contribution in [2.75, 3.05) is 21.3 Å². The Morgan fingerprint density at radius 2 is 1.90 bits per heavy atom. The molecule has 0 unspecified atom stereocenters. The molecule has 1 aromatic heterocycles. The Bertz CT molecular complexity index is 578. The number of rotatable bonds is 6. The number of hydrogen-bond donors (Lipinski definition) is 1. The van der Waals surface area contributed by atoms with Gasteiger partial charge in [-0.1, -0.05) is 0 Å². The summed E-state index contributed by atoms with van der Waals surface area (Å²) >= 11 is 0. The summed E-state index contributed by atoms with van der Waals surface area (Å²) in [4.78, 5) is 4.47. The molecule has 0 bridgehead atoms. The third-order valence-electron chi connectivity index (χ3n) is 3.27. The molecular formula is C15H21N3O2. The van der Waals surface area contributed by atoms with Crippen LogP contribution in [-0.4, -0.2) is 30.8 Å². The first kappa shape index (κ1) is 14.4. The van der Waals surface area contributed by atoms with Crippen molar-refractivity contribution in [2.24, 2.45) is 0 Å². The fourth-order valence-electron chi connectivity index (χ4n) is 2.27. The van der Waals surface area contributed by atoms with Gasteiger partial charge in [0.25, 0.3) is 0 Å². The second kappa shape index (κ2) is 6.43. The summed E-state index contributed by atoms with van der Waals surface area (Å²) in [6, 6.07) is 3.99. The maximum Gasteiger partial charge on any atom is 0.161 e. The van der Waals surface area contributed by atoms with Gasteiger partial charge in [0, 0.05) is 31.0 Å². The molecule has 1 aromatic carbocycles. The van der Waals surface area contributed by atoms with Crippen LogP contribution in [0.1, 0.15) is 12.5 Å². The Labute approximate surface area is 119 Å². The van der Waals surface area contributed by atoms with Gasteiger partial charge in [-0.2, -0.15) is 0 Å². The van der Waals surface area contributed by atoms with E-state index in [9.17, 15) is 0 Å². The molecule has 0 saturated carbocycles. The summed E-state index contributed by atoms with van der Waals surface area (Å²) < 4.78 is 12.9. The van der Waals surface area contributed by atoms with E-state index in [2.05, 4.69) is 21.8 Å². The van der Waals surface area contributed by atoms with Crippen LogP contribution < -0.4 is 14.8 Å². The van der Waals surface area contributed by atoms with Gasteiger partial charge in [0.15, 0.2) is 11.5 Å². The first-order chi connectivity index (χ1) is 9.74. The molecule has 0 spiro atoms. The van der Waals surface area contributed by atoms with Crippen LogP contribution in [0.4, 0.5) is 0 Å². The van der Waals surface area contributed by atoms with Crippen molar-refractivity contribution in [3.63, 3.8) is 0 Å². The normalized spacial score (nSPS) is 10.6. The molecule has 2 rings (SSSR count). The van der Waals surface area contributed by atoms with Gasteiger partial charge >= 0.3 is 0 Å².